The van der Waals surface area contributed by atoms with Crippen molar-refractivity contribution in [2.75, 3.05) is 26.8 Å². The van der Waals surface area contributed by atoms with E-state index in [2.05, 4.69) is 9.44 Å². The Morgan fingerprint density at radius 3 is 2.25 bits per heavy atom. The van der Waals surface area contributed by atoms with Gasteiger partial charge in [0.05, 0.1) is 12.2 Å². The van der Waals surface area contributed by atoms with Crippen molar-refractivity contribution in [1.29, 1.82) is 0 Å². The predicted molar refractivity (Wildman–Crippen MR) is 62.3 cm³/mol. The lowest BCUT2D eigenvalue weighted by molar-refractivity contribution is 0.0376. The summed E-state index contributed by atoms with van der Waals surface area (Å²) < 4.78 is 32.1. The summed E-state index contributed by atoms with van der Waals surface area (Å²) in [5.74, 6) is 0. The molecule has 0 spiro atoms. The third kappa shape index (κ3) is 6.39. The standard InChI is InChI=1S/C9H22N2O4S/c1-4-9(12,5-2)8-11-16(13,14)10-6-7-15-3/h10-12H,4-8H2,1-3H3. The van der Waals surface area contributed by atoms with Crippen LogP contribution < -0.4 is 9.44 Å². The minimum atomic E-state index is -3.55. The van der Waals surface area contributed by atoms with Crippen LogP contribution in [0.2, 0.25) is 0 Å². The third-order valence-corrected chi connectivity index (χ3v) is 3.61. The number of ether oxygens (including phenoxy) is 1. The highest BCUT2D eigenvalue weighted by Gasteiger charge is 2.24. The van der Waals surface area contributed by atoms with Gasteiger partial charge in [-0.1, -0.05) is 13.8 Å². The lowest BCUT2D eigenvalue weighted by Crippen LogP contribution is -2.46. The topological polar surface area (TPSA) is 87.7 Å². The summed E-state index contributed by atoms with van der Waals surface area (Å²) in [5, 5.41) is 9.88. The second-order valence-corrected chi connectivity index (χ2v) is 5.23. The van der Waals surface area contributed by atoms with Crippen molar-refractivity contribution in [1.82, 2.24) is 9.44 Å². The van der Waals surface area contributed by atoms with Crippen LogP contribution in [0.15, 0.2) is 0 Å². The van der Waals surface area contributed by atoms with Gasteiger partial charge in [-0.05, 0) is 12.8 Å². The van der Waals surface area contributed by atoms with Crippen LogP contribution in [0.25, 0.3) is 0 Å². The third-order valence-electron chi connectivity index (χ3n) is 2.51. The van der Waals surface area contributed by atoms with Gasteiger partial charge in [-0.2, -0.15) is 17.9 Å². The van der Waals surface area contributed by atoms with Gasteiger partial charge in [-0.15, -0.1) is 0 Å². The molecular formula is C9H22N2O4S. The van der Waals surface area contributed by atoms with E-state index < -0.39 is 15.8 Å². The lowest BCUT2D eigenvalue weighted by Gasteiger charge is -2.25. The van der Waals surface area contributed by atoms with Crippen molar-refractivity contribution in [3.63, 3.8) is 0 Å². The van der Waals surface area contributed by atoms with Crippen LogP contribution in [0.3, 0.4) is 0 Å². The molecule has 16 heavy (non-hydrogen) atoms. The molecule has 0 bridgehead atoms. The molecule has 0 aromatic rings. The maximum absolute atomic E-state index is 11.4. The molecule has 0 aromatic carbocycles. The van der Waals surface area contributed by atoms with Crippen molar-refractivity contribution in [2.45, 2.75) is 32.3 Å². The number of rotatable bonds is 9. The zero-order valence-electron chi connectivity index (χ0n) is 10.1. The lowest BCUT2D eigenvalue weighted by atomic mass is 9.98. The van der Waals surface area contributed by atoms with Gasteiger partial charge < -0.3 is 9.84 Å². The Hall–Kier alpha value is -0.210. The van der Waals surface area contributed by atoms with Gasteiger partial charge in [0.1, 0.15) is 0 Å². The molecule has 0 radical (unpaired) electrons. The molecule has 3 N–H and O–H groups in total. The molecule has 0 aromatic heterocycles. The quantitative estimate of drug-likeness (QED) is 0.489. The van der Waals surface area contributed by atoms with Crippen LogP contribution in [0.4, 0.5) is 0 Å². The van der Waals surface area contributed by atoms with Gasteiger partial charge >= 0.3 is 0 Å². The molecule has 0 aliphatic rings. The molecule has 0 atom stereocenters. The van der Waals surface area contributed by atoms with Crippen molar-refractivity contribution in [3.8, 4) is 0 Å². The molecule has 7 heteroatoms. The molecule has 0 aliphatic heterocycles. The van der Waals surface area contributed by atoms with E-state index in [0.29, 0.717) is 19.4 Å². The minimum Gasteiger partial charge on any atom is -0.389 e. The fourth-order valence-electron chi connectivity index (χ4n) is 1.06. The summed E-state index contributed by atoms with van der Waals surface area (Å²) >= 11 is 0. The Balaban J connectivity index is 4.07. The van der Waals surface area contributed by atoms with E-state index >= 15 is 0 Å². The summed E-state index contributed by atoms with van der Waals surface area (Å²) in [4.78, 5) is 0. The number of aliphatic hydroxyl groups is 1. The first-order valence-electron chi connectivity index (χ1n) is 5.34. The summed E-state index contributed by atoms with van der Waals surface area (Å²) in [6, 6.07) is 0. The van der Waals surface area contributed by atoms with E-state index in [1.54, 1.807) is 0 Å². The summed E-state index contributed by atoms with van der Waals surface area (Å²) in [7, 11) is -2.05. The molecule has 0 amide bonds. The molecule has 98 valence electrons. The minimum absolute atomic E-state index is 0.0162. The van der Waals surface area contributed by atoms with E-state index in [-0.39, 0.29) is 13.1 Å². The van der Waals surface area contributed by atoms with Crippen molar-refractivity contribution in [3.05, 3.63) is 0 Å². The first-order valence-corrected chi connectivity index (χ1v) is 6.83. The zero-order chi connectivity index (χ0) is 12.7. The van der Waals surface area contributed by atoms with Crippen LogP contribution in [-0.4, -0.2) is 45.9 Å². The Morgan fingerprint density at radius 2 is 1.81 bits per heavy atom. The highest BCUT2D eigenvalue weighted by molar-refractivity contribution is 7.87. The normalized spacial score (nSPS) is 13.0. The van der Waals surface area contributed by atoms with E-state index in [1.807, 2.05) is 13.8 Å². The Morgan fingerprint density at radius 1 is 1.25 bits per heavy atom. The molecule has 6 nitrogen and oxygen atoms in total. The largest absolute Gasteiger partial charge is 0.389 e. The number of methoxy groups -OCH3 is 1. The predicted octanol–water partition coefficient (Wildman–Crippen LogP) is -0.392. The summed E-state index contributed by atoms with van der Waals surface area (Å²) in [5.41, 5.74) is -0.976. The number of nitrogens with one attached hydrogen (secondary N) is 2. The molecule has 0 saturated heterocycles. The maximum Gasteiger partial charge on any atom is 0.277 e. The van der Waals surface area contributed by atoms with Crippen molar-refractivity contribution >= 4 is 10.2 Å². The maximum atomic E-state index is 11.4. The second-order valence-electron chi connectivity index (χ2n) is 3.64. The first kappa shape index (κ1) is 15.8. The van der Waals surface area contributed by atoms with Crippen LogP contribution >= 0.6 is 0 Å². The van der Waals surface area contributed by atoms with Gasteiger partial charge in [-0.3, -0.25) is 0 Å². The summed E-state index contributed by atoms with van der Waals surface area (Å²) in [6.07, 6.45) is 1.01. The monoisotopic (exact) mass is 254 g/mol. The highest BCUT2D eigenvalue weighted by Crippen LogP contribution is 2.12. The molecular weight excluding hydrogens is 232 g/mol. The van der Waals surface area contributed by atoms with Crippen LogP contribution in [0.1, 0.15) is 26.7 Å². The fraction of sp³-hybridized carbons (Fsp3) is 1.00. The number of hydrogen-bond acceptors (Lipinski definition) is 4. The Bertz CT molecular complexity index is 275. The average molecular weight is 254 g/mol. The van der Waals surface area contributed by atoms with Gasteiger partial charge in [0.2, 0.25) is 0 Å². The van der Waals surface area contributed by atoms with Crippen LogP contribution in [0, 0.1) is 0 Å². The van der Waals surface area contributed by atoms with Gasteiger partial charge in [0, 0.05) is 20.2 Å². The molecule has 0 heterocycles. The highest BCUT2D eigenvalue weighted by atomic mass is 32.2. The van der Waals surface area contributed by atoms with Crippen LogP contribution in [-0.2, 0) is 14.9 Å². The van der Waals surface area contributed by atoms with Gasteiger partial charge in [-0.25, -0.2) is 0 Å². The van der Waals surface area contributed by atoms with Crippen LogP contribution in [0.5, 0.6) is 0 Å². The van der Waals surface area contributed by atoms with Crippen molar-refractivity contribution < 1.29 is 18.3 Å². The second kappa shape index (κ2) is 7.18. The van der Waals surface area contributed by atoms with E-state index in [1.165, 1.54) is 7.11 Å². The summed E-state index contributed by atoms with van der Waals surface area (Å²) in [6.45, 7) is 4.17. The zero-order valence-corrected chi connectivity index (χ0v) is 10.9. The van der Waals surface area contributed by atoms with E-state index in [9.17, 15) is 13.5 Å². The number of hydrogen-bond donors (Lipinski definition) is 3. The Labute approximate surface area is 97.6 Å². The molecule has 0 unspecified atom stereocenters. The fourth-order valence-corrected chi connectivity index (χ4v) is 1.97. The molecule has 0 rings (SSSR count). The Kier molecular flexibility index (Phi) is 7.09. The molecule has 0 saturated carbocycles. The first-order chi connectivity index (χ1) is 7.39. The SMILES string of the molecule is CCC(O)(CC)CNS(=O)(=O)NCCOC. The smallest absolute Gasteiger partial charge is 0.277 e. The van der Waals surface area contributed by atoms with Crippen molar-refractivity contribution in [2.24, 2.45) is 0 Å². The van der Waals surface area contributed by atoms with E-state index in [0.717, 1.165) is 0 Å². The van der Waals surface area contributed by atoms with E-state index in [4.69, 9.17) is 4.74 Å². The molecule has 0 aliphatic carbocycles. The van der Waals surface area contributed by atoms with Gasteiger partial charge in [0.15, 0.2) is 0 Å². The average Bonchev–Trinajstić information content (AvgIpc) is 2.26. The molecule has 0 fully saturated rings. The van der Waals surface area contributed by atoms with Gasteiger partial charge in [0.25, 0.3) is 10.2 Å².